The third-order valence-electron chi connectivity index (χ3n) is 4.94. The van der Waals surface area contributed by atoms with Gasteiger partial charge in [0.2, 0.25) is 15.9 Å². The van der Waals surface area contributed by atoms with E-state index >= 15 is 0 Å². The fraction of sp³-hybridized carbons (Fsp3) is 0.350. The first-order chi connectivity index (χ1) is 13.8. The maximum absolute atomic E-state index is 12.7. The van der Waals surface area contributed by atoms with Gasteiger partial charge < -0.3 is 14.5 Å². The summed E-state index contributed by atoms with van der Waals surface area (Å²) in [6.45, 7) is 2.14. The van der Waals surface area contributed by atoms with Crippen LogP contribution in [0.4, 0.5) is 5.69 Å². The first kappa shape index (κ1) is 21.4. The van der Waals surface area contributed by atoms with E-state index in [1.165, 1.54) is 31.3 Å². The molecular formula is C20H24ClN3O4S. The molecule has 0 saturated carbocycles. The Bertz CT molecular complexity index is 958. The fourth-order valence-corrected chi connectivity index (χ4v) is 4.50. The number of rotatable bonds is 6. The fourth-order valence-electron chi connectivity index (χ4n) is 3.25. The minimum atomic E-state index is -3.75. The van der Waals surface area contributed by atoms with Gasteiger partial charge in [0.25, 0.3) is 0 Å². The van der Waals surface area contributed by atoms with Crippen molar-refractivity contribution in [3.63, 3.8) is 0 Å². The lowest BCUT2D eigenvalue weighted by Crippen LogP contribution is -2.51. The van der Waals surface area contributed by atoms with Crippen LogP contribution in [0.3, 0.4) is 0 Å². The lowest BCUT2D eigenvalue weighted by Gasteiger charge is -2.37. The van der Waals surface area contributed by atoms with Gasteiger partial charge in [0.1, 0.15) is 5.75 Å². The van der Waals surface area contributed by atoms with Gasteiger partial charge >= 0.3 is 0 Å². The van der Waals surface area contributed by atoms with Gasteiger partial charge in [-0.2, -0.15) is 4.31 Å². The monoisotopic (exact) mass is 437 g/mol. The van der Waals surface area contributed by atoms with Crippen LogP contribution in [0.25, 0.3) is 0 Å². The molecule has 0 bridgehead atoms. The first-order valence-electron chi connectivity index (χ1n) is 9.20. The van der Waals surface area contributed by atoms with Crippen molar-refractivity contribution < 1.29 is 17.9 Å². The molecule has 1 amide bonds. The molecule has 3 rings (SSSR count). The van der Waals surface area contributed by atoms with Gasteiger partial charge in [-0.05, 0) is 36.4 Å². The average Bonchev–Trinajstić information content (AvgIpc) is 2.74. The highest BCUT2D eigenvalue weighted by Gasteiger charge is 2.27. The van der Waals surface area contributed by atoms with E-state index in [4.69, 9.17) is 16.3 Å². The Balaban J connectivity index is 1.60. The number of likely N-dealkylation sites (N-methyl/N-ethyl adjacent to an activating group) is 1. The highest BCUT2D eigenvalue weighted by atomic mass is 35.5. The number of methoxy groups -OCH3 is 1. The number of ether oxygens (including phenoxy) is 1. The zero-order chi connectivity index (χ0) is 21.0. The SMILES string of the molecule is COc1ccccc1N1CCN(C(=O)CN(C)S(=O)(=O)c2ccc(Cl)cc2)CC1. The van der Waals surface area contributed by atoms with Crippen LogP contribution in [-0.2, 0) is 14.8 Å². The van der Waals surface area contributed by atoms with Crippen LogP contribution in [-0.4, -0.2) is 70.4 Å². The van der Waals surface area contributed by atoms with Crippen LogP contribution < -0.4 is 9.64 Å². The van der Waals surface area contributed by atoms with Gasteiger partial charge in [-0.1, -0.05) is 23.7 Å². The van der Waals surface area contributed by atoms with Crippen LogP contribution in [0, 0.1) is 0 Å². The molecule has 1 heterocycles. The van der Waals surface area contributed by atoms with Crippen molar-refractivity contribution in [1.29, 1.82) is 0 Å². The molecule has 0 aliphatic carbocycles. The van der Waals surface area contributed by atoms with E-state index in [1.54, 1.807) is 12.0 Å². The molecule has 156 valence electrons. The highest BCUT2D eigenvalue weighted by Crippen LogP contribution is 2.28. The predicted molar refractivity (Wildman–Crippen MR) is 113 cm³/mol. The van der Waals surface area contributed by atoms with Gasteiger partial charge in [0.15, 0.2) is 0 Å². The van der Waals surface area contributed by atoms with Gasteiger partial charge in [-0.15, -0.1) is 0 Å². The topological polar surface area (TPSA) is 70.2 Å². The van der Waals surface area contributed by atoms with Crippen molar-refractivity contribution in [3.05, 3.63) is 53.6 Å². The number of sulfonamides is 1. The maximum atomic E-state index is 12.7. The number of nitrogens with zero attached hydrogens (tertiary/aromatic N) is 3. The lowest BCUT2D eigenvalue weighted by molar-refractivity contribution is -0.131. The van der Waals surface area contributed by atoms with Gasteiger partial charge in [0.05, 0.1) is 24.2 Å². The van der Waals surface area contributed by atoms with E-state index < -0.39 is 10.0 Å². The molecule has 1 aliphatic rings. The van der Waals surface area contributed by atoms with Crippen molar-refractivity contribution in [2.75, 3.05) is 51.8 Å². The summed E-state index contributed by atoms with van der Waals surface area (Å²) < 4.78 is 31.8. The number of carbonyl (C=O) groups is 1. The first-order valence-corrected chi connectivity index (χ1v) is 11.0. The molecule has 1 fully saturated rings. The van der Waals surface area contributed by atoms with Gasteiger partial charge in [0, 0.05) is 38.2 Å². The summed E-state index contributed by atoms with van der Waals surface area (Å²) in [4.78, 5) is 16.6. The number of anilines is 1. The summed E-state index contributed by atoms with van der Waals surface area (Å²) in [6.07, 6.45) is 0. The largest absolute Gasteiger partial charge is 0.495 e. The van der Waals surface area contributed by atoms with Gasteiger partial charge in [-0.25, -0.2) is 8.42 Å². The Labute approximate surface area is 176 Å². The quantitative estimate of drug-likeness (QED) is 0.693. The number of halogens is 1. The highest BCUT2D eigenvalue weighted by molar-refractivity contribution is 7.89. The van der Waals surface area contributed by atoms with E-state index in [1.807, 2.05) is 24.3 Å². The smallest absolute Gasteiger partial charge is 0.243 e. The number of hydrogen-bond donors (Lipinski definition) is 0. The van der Waals surface area contributed by atoms with Crippen LogP contribution in [0.5, 0.6) is 5.75 Å². The third-order valence-corrected chi connectivity index (χ3v) is 7.01. The lowest BCUT2D eigenvalue weighted by atomic mass is 10.2. The molecule has 0 N–H and O–H groups in total. The molecule has 0 radical (unpaired) electrons. The minimum absolute atomic E-state index is 0.109. The number of amides is 1. The Morgan fingerprint density at radius 3 is 2.31 bits per heavy atom. The second kappa shape index (κ2) is 9.02. The van der Waals surface area contributed by atoms with E-state index in [0.717, 1.165) is 15.7 Å². The van der Waals surface area contributed by atoms with E-state index in [2.05, 4.69) is 4.90 Å². The summed E-state index contributed by atoms with van der Waals surface area (Å²) in [5.41, 5.74) is 0.990. The van der Waals surface area contributed by atoms with Crippen molar-refractivity contribution in [3.8, 4) is 5.75 Å². The molecule has 1 saturated heterocycles. The Hall–Kier alpha value is -2.29. The number of piperazine rings is 1. The normalized spacial score (nSPS) is 14.9. The summed E-state index contributed by atoms with van der Waals surface area (Å²) in [6, 6.07) is 13.7. The number of hydrogen-bond acceptors (Lipinski definition) is 5. The summed E-state index contributed by atoms with van der Waals surface area (Å²) in [5, 5.41) is 0.454. The molecule has 2 aromatic rings. The zero-order valence-electron chi connectivity index (χ0n) is 16.4. The van der Waals surface area contributed by atoms with Crippen LogP contribution in [0.2, 0.25) is 5.02 Å². The second-order valence-electron chi connectivity index (χ2n) is 6.75. The summed E-state index contributed by atoms with van der Waals surface area (Å²) in [5.74, 6) is 0.575. The third kappa shape index (κ3) is 4.83. The molecule has 0 aromatic heterocycles. The standard InChI is InChI=1S/C20H24ClN3O4S/c1-22(29(26,27)17-9-7-16(21)8-10-17)15-20(25)24-13-11-23(12-14-24)18-5-3-4-6-19(18)28-2/h3-10H,11-15H2,1-2H3. The molecule has 9 heteroatoms. The molecule has 2 aromatic carbocycles. The second-order valence-corrected chi connectivity index (χ2v) is 9.24. The van der Waals surface area contributed by atoms with Crippen molar-refractivity contribution in [1.82, 2.24) is 9.21 Å². The Kier molecular flexibility index (Phi) is 6.66. The molecular weight excluding hydrogens is 414 g/mol. The van der Waals surface area contributed by atoms with E-state index in [0.29, 0.717) is 31.2 Å². The van der Waals surface area contributed by atoms with Crippen LogP contribution in [0.15, 0.2) is 53.4 Å². The van der Waals surface area contributed by atoms with E-state index in [-0.39, 0.29) is 17.3 Å². The summed E-state index contributed by atoms with van der Waals surface area (Å²) >= 11 is 5.82. The van der Waals surface area contributed by atoms with E-state index in [9.17, 15) is 13.2 Å². The number of carbonyl (C=O) groups excluding carboxylic acids is 1. The van der Waals surface area contributed by atoms with Crippen molar-refractivity contribution in [2.24, 2.45) is 0 Å². The Morgan fingerprint density at radius 2 is 1.69 bits per heavy atom. The van der Waals surface area contributed by atoms with Crippen LogP contribution in [0.1, 0.15) is 0 Å². The molecule has 29 heavy (non-hydrogen) atoms. The Morgan fingerprint density at radius 1 is 1.07 bits per heavy atom. The number of para-hydroxylation sites is 2. The predicted octanol–water partition coefficient (Wildman–Crippen LogP) is 2.32. The average molecular weight is 438 g/mol. The van der Waals surface area contributed by atoms with Crippen molar-refractivity contribution >= 4 is 33.2 Å². The molecule has 0 unspecified atom stereocenters. The van der Waals surface area contributed by atoms with Crippen molar-refractivity contribution in [2.45, 2.75) is 4.90 Å². The zero-order valence-corrected chi connectivity index (χ0v) is 18.0. The molecule has 7 nitrogen and oxygen atoms in total. The molecule has 0 atom stereocenters. The van der Waals surface area contributed by atoms with Gasteiger partial charge in [-0.3, -0.25) is 4.79 Å². The minimum Gasteiger partial charge on any atom is -0.495 e. The summed E-state index contributed by atoms with van der Waals surface area (Å²) in [7, 11) is -0.708. The molecule has 0 spiro atoms. The molecule has 1 aliphatic heterocycles. The maximum Gasteiger partial charge on any atom is 0.243 e. The number of benzene rings is 2. The van der Waals surface area contributed by atoms with Crippen LogP contribution >= 0.6 is 11.6 Å².